The van der Waals surface area contributed by atoms with Gasteiger partial charge in [0.1, 0.15) is 0 Å². The van der Waals surface area contributed by atoms with Crippen LogP contribution < -0.4 is 5.56 Å². The Hall–Kier alpha value is -3.65. The van der Waals surface area contributed by atoms with Gasteiger partial charge in [0.05, 0.1) is 15.5 Å². The lowest BCUT2D eigenvalue weighted by atomic mass is 10.0. The van der Waals surface area contributed by atoms with E-state index < -0.39 is 0 Å². The van der Waals surface area contributed by atoms with Gasteiger partial charge in [-0.05, 0) is 72.4 Å². The minimum absolute atomic E-state index is 0.188. The predicted molar refractivity (Wildman–Crippen MR) is 153 cm³/mol. The van der Waals surface area contributed by atoms with Gasteiger partial charge < -0.3 is 4.98 Å². The molecule has 0 aliphatic carbocycles. The van der Waals surface area contributed by atoms with Crippen molar-refractivity contribution in [2.45, 2.75) is 23.9 Å². The number of rotatable bonds is 5. The van der Waals surface area contributed by atoms with E-state index in [2.05, 4.69) is 47.2 Å². The molecule has 3 heterocycles. The van der Waals surface area contributed by atoms with E-state index in [9.17, 15) is 4.79 Å². The number of aromatic nitrogens is 4. The van der Waals surface area contributed by atoms with Crippen LogP contribution >= 0.6 is 34.7 Å². The second-order valence-corrected chi connectivity index (χ2v) is 11.1. The normalized spacial score (nSPS) is 11.3. The number of pyridine rings is 1. The highest BCUT2D eigenvalue weighted by atomic mass is 35.5. The van der Waals surface area contributed by atoms with Crippen molar-refractivity contribution in [1.29, 1.82) is 0 Å². The van der Waals surface area contributed by atoms with Crippen molar-refractivity contribution in [1.82, 2.24) is 19.7 Å². The molecule has 0 fully saturated rings. The zero-order valence-corrected chi connectivity index (χ0v) is 22.4. The number of nitrogens with zero attached hydrogens (tertiary/aromatic N) is 3. The summed E-state index contributed by atoms with van der Waals surface area (Å²) < 4.78 is 2.04. The molecule has 3 aromatic carbocycles. The first-order valence-electron chi connectivity index (χ1n) is 11.7. The second kappa shape index (κ2) is 9.67. The molecule has 0 radical (unpaired) electrons. The van der Waals surface area contributed by atoms with E-state index in [0.717, 1.165) is 44.0 Å². The highest BCUT2D eigenvalue weighted by Crippen LogP contribution is 2.40. The summed E-state index contributed by atoms with van der Waals surface area (Å²) in [6.45, 7) is 4.15. The molecular weight excluding hydrogens is 520 g/mol. The molecule has 182 valence electrons. The molecule has 0 spiro atoms. The van der Waals surface area contributed by atoms with Crippen molar-refractivity contribution >= 4 is 45.6 Å². The lowest BCUT2D eigenvalue weighted by Crippen LogP contribution is -2.11. The third kappa shape index (κ3) is 4.39. The number of nitrogens with one attached hydrogen (secondary N) is 1. The molecule has 1 N–H and O–H groups in total. The van der Waals surface area contributed by atoms with E-state index in [1.807, 2.05) is 64.5 Å². The van der Waals surface area contributed by atoms with Gasteiger partial charge in [-0.25, -0.2) is 0 Å². The van der Waals surface area contributed by atoms with E-state index in [1.54, 1.807) is 17.4 Å². The fourth-order valence-electron chi connectivity index (χ4n) is 4.50. The Kier molecular flexibility index (Phi) is 6.20. The third-order valence-electron chi connectivity index (χ3n) is 6.16. The maximum absolute atomic E-state index is 13.5. The van der Waals surface area contributed by atoms with Gasteiger partial charge in [-0.3, -0.25) is 9.36 Å². The molecule has 0 amide bonds. The largest absolute Gasteiger partial charge is 0.321 e. The molecule has 0 saturated carbocycles. The zero-order valence-electron chi connectivity index (χ0n) is 20.0. The van der Waals surface area contributed by atoms with Crippen molar-refractivity contribution in [3.05, 3.63) is 111 Å². The van der Waals surface area contributed by atoms with Gasteiger partial charge >= 0.3 is 0 Å². The molecule has 37 heavy (non-hydrogen) atoms. The minimum Gasteiger partial charge on any atom is -0.321 e. The first-order chi connectivity index (χ1) is 18.0. The van der Waals surface area contributed by atoms with E-state index in [4.69, 9.17) is 11.6 Å². The lowest BCUT2D eigenvalue weighted by Gasteiger charge is -2.15. The number of H-pyrrole nitrogens is 1. The number of aryl methyl sites for hydroxylation is 2. The lowest BCUT2D eigenvalue weighted by molar-refractivity contribution is 0.879. The van der Waals surface area contributed by atoms with E-state index >= 15 is 0 Å². The predicted octanol–water partition coefficient (Wildman–Crippen LogP) is 7.93. The maximum atomic E-state index is 13.5. The molecule has 0 atom stereocenters. The van der Waals surface area contributed by atoms with Crippen LogP contribution in [0.1, 0.15) is 11.1 Å². The van der Waals surface area contributed by atoms with Crippen LogP contribution in [0.15, 0.2) is 99.1 Å². The summed E-state index contributed by atoms with van der Waals surface area (Å²) in [5, 5.41) is 13.3. The van der Waals surface area contributed by atoms with Crippen LogP contribution in [0.3, 0.4) is 0 Å². The number of halogens is 1. The fraction of sp³-hybridized carbons (Fsp3) is 0.0690. The Morgan fingerprint density at radius 3 is 2.54 bits per heavy atom. The standard InChI is InChI=1S/C29H21ClN4OS2/c1-17-10-13-23(18(2)15-17)34-27(24-9-6-14-36-24)32-33-29(34)37-26-25(19-7-4-3-5-8-19)21-16-20(30)11-12-22(21)31-28(26)35/h3-16H,1-2H3,(H,31,35). The van der Waals surface area contributed by atoms with E-state index in [-0.39, 0.29) is 5.56 Å². The topological polar surface area (TPSA) is 63.6 Å². The van der Waals surface area contributed by atoms with Crippen LogP contribution in [0.4, 0.5) is 0 Å². The third-order valence-corrected chi connectivity index (χ3v) is 8.30. The molecular formula is C29H21ClN4OS2. The highest BCUT2D eigenvalue weighted by Gasteiger charge is 2.23. The number of aromatic amines is 1. The van der Waals surface area contributed by atoms with Gasteiger partial charge in [0, 0.05) is 21.5 Å². The molecule has 8 heteroatoms. The van der Waals surface area contributed by atoms with Crippen LogP contribution in [-0.2, 0) is 0 Å². The molecule has 3 aromatic heterocycles. The average Bonchev–Trinajstić information content (AvgIpc) is 3.56. The van der Waals surface area contributed by atoms with Crippen LogP contribution in [0.2, 0.25) is 5.02 Å². The van der Waals surface area contributed by atoms with Gasteiger partial charge in [0.2, 0.25) is 5.16 Å². The summed E-state index contributed by atoms with van der Waals surface area (Å²) in [4.78, 5) is 18.1. The number of hydrogen-bond donors (Lipinski definition) is 1. The van der Waals surface area contributed by atoms with Crippen LogP contribution in [0.5, 0.6) is 0 Å². The summed E-state index contributed by atoms with van der Waals surface area (Å²) in [6.07, 6.45) is 0. The zero-order chi connectivity index (χ0) is 25.5. The Morgan fingerprint density at radius 2 is 1.78 bits per heavy atom. The molecule has 0 aliphatic rings. The summed E-state index contributed by atoms with van der Waals surface area (Å²) in [7, 11) is 0. The summed E-state index contributed by atoms with van der Waals surface area (Å²) in [6, 6.07) is 25.8. The van der Waals surface area contributed by atoms with Crippen molar-refractivity contribution in [3.63, 3.8) is 0 Å². The van der Waals surface area contributed by atoms with E-state index in [0.29, 0.717) is 15.1 Å². The smallest absolute Gasteiger partial charge is 0.263 e. The number of thiophene rings is 1. The highest BCUT2D eigenvalue weighted by molar-refractivity contribution is 7.99. The van der Waals surface area contributed by atoms with Gasteiger partial charge in [0.15, 0.2) is 5.82 Å². The second-order valence-electron chi connectivity index (χ2n) is 8.73. The number of fused-ring (bicyclic) bond motifs is 1. The van der Waals surface area contributed by atoms with Crippen molar-refractivity contribution in [3.8, 4) is 27.5 Å². The van der Waals surface area contributed by atoms with Gasteiger partial charge in [-0.2, -0.15) is 0 Å². The van der Waals surface area contributed by atoms with Crippen molar-refractivity contribution < 1.29 is 0 Å². The molecule has 0 saturated heterocycles. The number of benzene rings is 3. The Labute approximate surface area is 226 Å². The van der Waals surface area contributed by atoms with Crippen molar-refractivity contribution in [2.75, 3.05) is 0 Å². The number of hydrogen-bond acceptors (Lipinski definition) is 5. The first-order valence-corrected chi connectivity index (χ1v) is 13.7. The Balaban J connectivity index is 1.61. The van der Waals surface area contributed by atoms with Crippen LogP contribution in [0.25, 0.3) is 38.4 Å². The quantitative estimate of drug-likeness (QED) is 0.241. The monoisotopic (exact) mass is 540 g/mol. The summed E-state index contributed by atoms with van der Waals surface area (Å²) in [5.41, 5.74) is 5.54. The van der Waals surface area contributed by atoms with Crippen LogP contribution in [0, 0.1) is 13.8 Å². The van der Waals surface area contributed by atoms with Gasteiger partial charge in [-0.1, -0.05) is 65.7 Å². The Morgan fingerprint density at radius 1 is 0.946 bits per heavy atom. The van der Waals surface area contributed by atoms with Gasteiger partial charge in [-0.15, -0.1) is 21.5 Å². The SMILES string of the molecule is Cc1ccc(-n2c(Sc3c(-c4ccccc4)c4cc(Cl)ccc4[nH]c3=O)nnc2-c2cccs2)c(C)c1. The Bertz CT molecular complexity index is 1810. The molecule has 6 aromatic rings. The van der Waals surface area contributed by atoms with Crippen molar-refractivity contribution in [2.24, 2.45) is 0 Å². The fourth-order valence-corrected chi connectivity index (χ4v) is 6.39. The van der Waals surface area contributed by atoms with E-state index in [1.165, 1.54) is 17.3 Å². The molecule has 0 aliphatic heterocycles. The average molecular weight is 541 g/mol. The minimum atomic E-state index is -0.188. The molecule has 0 unspecified atom stereocenters. The first kappa shape index (κ1) is 23.7. The molecule has 6 rings (SSSR count). The maximum Gasteiger partial charge on any atom is 0.263 e. The van der Waals surface area contributed by atoms with Crippen LogP contribution in [-0.4, -0.2) is 19.7 Å². The summed E-state index contributed by atoms with van der Waals surface area (Å²) in [5.74, 6) is 0.742. The summed E-state index contributed by atoms with van der Waals surface area (Å²) >= 11 is 9.32. The van der Waals surface area contributed by atoms with Gasteiger partial charge in [0.25, 0.3) is 5.56 Å². The molecule has 5 nitrogen and oxygen atoms in total. The molecule has 0 bridgehead atoms.